The second kappa shape index (κ2) is 6.13. The van der Waals surface area contributed by atoms with Crippen LogP contribution in [0, 0.1) is 0 Å². The molecule has 0 radical (unpaired) electrons. The highest BCUT2D eigenvalue weighted by Gasteiger charge is 2.30. The zero-order valence-corrected chi connectivity index (χ0v) is 11.1. The van der Waals surface area contributed by atoms with Gasteiger partial charge in [0.25, 0.3) is 0 Å². The molecule has 5 heteroatoms. The molecule has 2 nitrogen and oxygen atoms in total. The van der Waals surface area contributed by atoms with Crippen molar-refractivity contribution in [3.8, 4) is 0 Å². The van der Waals surface area contributed by atoms with Gasteiger partial charge in [-0.25, -0.2) is 0 Å². The van der Waals surface area contributed by atoms with Gasteiger partial charge in [-0.05, 0) is 36.7 Å². The number of hydrogen-bond acceptors (Lipinski definition) is 2. The summed E-state index contributed by atoms with van der Waals surface area (Å²) < 4.78 is 42.8. The molecule has 0 saturated heterocycles. The van der Waals surface area contributed by atoms with Crippen LogP contribution in [0.1, 0.15) is 36.1 Å². The maximum absolute atomic E-state index is 12.6. The van der Waals surface area contributed by atoms with E-state index in [9.17, 15) is 13.2 Å². The molecule has 0 aliphatic heterocycles. The number of halogens is 3. The smallest absolute Gasteiger partial charge is 0.416 e. The molecule has 2 rings (SSSR count). The van der Waals surface area contributed by atoms with Gasteiger partial charge in [-0.1, -0.05) is 19.1 Å². The fourth-order valence-corrected chi connectivity index (χ4v) is 2.02. The maximum Gasteiger partial charge on any atom is 0.416 e. The average Bonchev–Trinajstić information content (AvgIpc) is 2.93. The minimum absolute atomic E-state index is 0.156. The lowest BCUT2D eigenvalue weighted by molar-refractivity contribution is -0.137. The molecule has 108 valence electrons. The number of rotatable bonds is 5. The summed E-state index contributed by atoms with van der Waals surface area (Å²) in [5, 5.41) is 3.31. The summed E-state index contributed by atoms with van der Waals surface area (Å²) in [4.78, 5) is 0. The first-order valence-electron chi connectivity index (χ1n) is 6.45. The first-order chi connectivity index (χ1) is 9.52. The molecule has 0 spiro atoms. The molecule has 1 aromatic carbocycles. The van der Waals surface area contributed by atoms with Crippen LogP contribution < -0.4 is 5.32 Å². The van der Waals surface area contributed by atoms with Crippen molar-refractivity contribution in [3.05, 3.63) is 59.5 Å². The fourth-order valence-electron chi connectivity index (χ4n) is 2.02. The molecule has 0 amide bonds. The van der Waals surface area contributed by atoms with Crippen LogP contribution in [0.4, 0.5) is 13.2 Å². The van der Waals surface area contributed by atoms with Crippen molar-refractivity contribution in [3.63, 3.8) is 0 Å². The van der Waals surface area contributed by atoms with E-state index in [1.165, 1.54) is 12.1 Å². The van der Waals surface area contributed by atoms with E-state index in [1.54, 1.807) is 12.5 Å². The molecule has 0 fully saturated rings. The fraction of sp³-hybridized carbons (Fsp3) is 0.333. The summed E-state index contributed by atoms with van der Waals surface area (Å²) >= 11 is 0. The van der Waals surface area contributed by atoms with Crippen LogP contribution in [0.2, 0.25) is 0 Å². The van der Waals surface area contributed by atoms with Gasteiger partial charge >= 0.3 is 6.18 Å². The molecule has 2 aromatic rings. The highest BCUT2D eigenvalue weighted by atomic mass is 19.4. The number of hydrogen-bond donors (Lipinski definition) is 1. The molecule has 1 unspecified atom stereocenters. The molecular formula is C15H16F3NO. The average molecular weight is 283 g/mol. The van der Waals surface area contributed by atoms with Crippen LogP contribution in [0.5, 0.6) is 0 Å². The predicted octanol–water partition coefficient (Wildman–Crippen LogP) is 4.39. The Kier molecular flexibility index (Phi) is 4.49. The first kappa shape index (κ1) is 14.7. The third-order valence-corrected chi connectivity index (χ3v) is 3.05. The summed E-state index contributed by atoms with van der Waals surface area (Å²) in [7, 11) is 0. The van der Waals surface area contributed by atoms with Gasteiger partial charge < -0.3 is 9.73 Å². The molecule has 0 saturated carbocycles. The topological polar surface area (TPSA) is 25.2 Å². The Hall–Kier alpha value is -1.75. The summed E-state index contributed by atoms with van der Waals surface area (Å²) in [6.45, 7) is 2.81. The number of nitrogens with one attached hydrogen (secondary N) is 1. The lowest BCUT2D eigenvalue weighted by Gasteiger charge is -2.18. The van der Waals surface area contributed by atoms with Gasteiger partial charge in [-0.2, -0.15) is 13.2 Å². The van der Waals surface area contributed by atoms with Gasteiger partial charge in [0.2, 0.25) is 0 Å². The van der Waals surface area contributed by atoms with Crippen LogP contribution in [0.15, 0.2) is 47.3 Å². The quantitative estimate of drug-likeness (QED) is 0.880. The number of benzene rings is 1. The molecule has 20 heavy (non-hydrogen) atoms. The van der Waals surface area contributed by atoms with Gasteiger partial charge in [-0.15, -0.1) is 0 Å². The molecule has 1 atom stereocenters. The Morgan fingerprint density at radius 3 is 2.30 bits per heavy atom. The molecule has 1 heterocycles. The SMILES string of the molecule is CCCNC(c1ccc(C(F)(F)F)cc1)c1ccoc1. The Labute approximate surface area is 115 Å². The van der Waals surface area contributed by atoms with E-state index in [1.807, 2.05) is 13.0 Å². The third-order valence-electron chi connectivity index (χ3n) is 3.05. The summed E-state index contributed by atoms with van der Waals surface area (Å²) in [6.07, 6.45) is -0.208. The lowest BCUT2D eigenvalue weighted by Crippen LogP contribution is -2.22. The molecule has 1 aromatic heterocycles. The molecule has 0 bridgehead atoms. The highest BCUT2D eigenvalue weighted by Crippen LogP contribution is 2.31. The Bertz CT molecular complexity index is 517. The summed E-state index contributed by atoms with van der Waals surface area (Å²) in [6, 6.07) is 6.87. The minimum Gasteiger partial charge on any atom is -0.472 e. The normalized spacial score (nSPS) is 13.4. The number of furan rings is 1. The van der Waals surface area contributed by atoms with E-state index < -0.39 is 11.7 Å². The minimum atomic E-state index is -4.31. The summed E-state index contributed by atoms with van der Waals surface area (Å²) in [5.41, 5.74) is 1.05. The van der Waals surface area contributed by atoms with E-state index in [4.69, 9.17) is 4.42 Å². The van der Waals surface area contributed by atoms with Crippen LogP contribution in [0.25, 0.3) is 0 Å². The lowest BCUT2D eigenvalue weighted by atomic mass is 9.99. The van der Waals surface area contributed by atoms with Gasteiger partial charge in [0, 0.05) is 5.56 Å². The third kappa shape index (κ3) is 3.42. The Morgan fingerprint density at radius 2 is 1.80 bits per heavy atom. The van der Waals surface area contributed by atoms with Crippen LogP contribution in [0.3, 0.4) is 0 Å². The summed E-state index contributed by atoms with van der Waals surface area (Å²) in [5.74, 6) is 0. The monoisotopic (exact) mass is 283 g/mol. The van der Waals surface area contributed by atoms with E-state index in [0.29, 0.717) is 0 Å². The van der Waals surface area contributed by atoms with Gasteiger partial charge in [-0.3, -0.25) is 0 Å². The second-order valence-electron chi connectivity index (χ2n) is 4.56. The van der Waals surface area contributed by atoms with Crippen LogP contribution in [-0.4, -0.2) is 6.54 Å². The van der Waals surface area contributed by atoms with Crippen molar-refractivity contribution in [2.24, 2.45) is 0 Å². The van der Waals surface area contributed by atoms with Crippen molar-refractivity contribution >= 4 is 0 Å². The van der Waals surface area contributed by atoms with Crippen molar-refractivity contribution in [2.45, 2.75) is 25.6 Å². The van der Waals surface area contributed by atoms with Crippen molar-refractivity contribution in [2.75, 3.05) is 6.54 Å². The zero-order chi connectivity index (χ0) is 14.6. The largest absolute Gasteiger partial charge is 0.472 e. The molecular weight excluding hydrogens is 267 g/mol. The van der Waals surface area contributed by atoms with E-state index >= 15 is 0 Å². The van der Waals surface area contributed by atoms with Crippen LogP contribution >= 0.6 is 0 Å². The zero-order valence-electron chi connectivity index (χ0n) is 11.1. The first-order valence-corrected chi connectivity index (χ1v) is 6.45. The van der Waals surface area contributed by atoms with Crippen molar-refractivity contribution in [1.29, 1.82) is 0 Å². The standard InChI is InChI=1S/C15H16F3NO/c1-2-8-19-14(12-7-9-20-10-12)11-3-5-13(6-4-11)15(16,17)18/h3-7,9-10,14,19H,2,8H2,1H3. The van der Waals surface area contributed by atoms with Gasteiger partial charge in [0.05, 0.1) is 24.1 Å². The molecule has 1 N–H and O–H groups in total. The molecule has 0 aliphatic rings. The van der Waals surface area contributed by atoms with Crippen molar-refractivity contribution < 1.29 is 17.6 Å². The number of alkyl halides is 3. The Balaban J connectivity index is 2.25. The predicted molar refractivity (Wildman–Crippen MR) is 70.3 cm³/mol. The van der Waals surface area contributed by atoms with E-state index in [-0.39, 0.29) is 6.04 Å². The van der Waals surface area contributed by atoms with Gasteiger partial charge in [0.15, 0.2) is 0 Å². The maximum atomic E-state index is 12.6. The van der Waals surface area contributed by atoms with Crippen LogP contribution in [-0.2, 0) is 6.18 Å². The second-order valence-corrected chi connectivity index (χ2v) is 4.56. The molecule has 0 aliphatic carbocycles. The van der Waals surface area contributed by atoms with E-state index in [0.717, 1.165) is 36.2 Å². The highest BCUT2D eigenvalue weighted by molar-refractivity contribution is 5.32. The van der Waals surface area contributed by atoms with Crippen molar-refractivity contribution in [1.82, 2.24) is 5.32 Å². The Morgan fingerprint density at radius 1 is 1.10 bits per heavy atom. The van der Waals surface area contributed by atoms with Gasteiger partial charge in [0.1, 0.15) is 0 Å². The van der Waals surface area contributed by atoms with E-state index in [2.05, 4.69) is 5.32 Å².